The van der Waals surface area contributed by atoms with Crippen molar-refractivity contribution in [3.8, 4) is 5.82 Å². The standard InChI is InChI=1S/C27H28F6N6O3/c1-15(37-22(40)17-8-18(26(28,29)30)10-19(9-17)27(31,32)33)21-35-14-36-39(21)20-7-6-16(11-34-20)23(41)38-12-24(2,3)42-25(4,5)13-38/h6-11,14-15H,12-13H2,1-5H3,(H,37,40)/t15-/m0/s1. The number of alkyl halides is 6. The van der Waals surface area contributed by atoms with Gasteiger partial charge in [-0.1, -0.05) is 0 Å². The molecule has 1 fully saturated rings. The van der Waals surface area contributed by atoms with Gasteiger partial charge in [-0.15, -0.1) is 0 Å². The molecule has 1 saturated heterocycles. The van der Waals surface area contributed by atoms with Gasteiger partial charge in [0.1, 0.15) is 6.33 Å². The van der Waals surface area contributed by atoms with E-state index in [1.807, 2.05) is 27.7 Å². The molecule has 226 valence electrons. The molecule has 9 nitrogen and oxygen atoms in total. The second-order valence-corrected chi connectivity index (χ2v) is 11.2. The Labute approximate surface area is 236 Å². The van der Waals surface area contributed by atoms with E-state index in [0.717, 1.165) is 6.33 Å². The lowest BCUT2D eigenvalue weighted by Crippen LogP contribution is -2.58. The van der Waals surface area contributed by atoms with E-state index in [9.17, 15) is 35.9 Å². The molecule has 2 aromatic heterocycles. The van der Waals surface area contributed by atoms with E-state index in [2.05, 4.69) is 20.4 Å². The van der Waals surface area contributed by atoms with Crippen molar-refractivity contribution in [1.29, 1.82) is 0 Å². The van der Waals surface area contributed by atoms with E-state index in [4.69, 9.17) is 4.74 Å². The summed E-state index contributed by atoms with van der Waals surface area (Å²) >= 11 is 0. The van der Waals surface area contributed by atoms with E-state index >= 15 is 0 Å². The number of pyridine rings is 1. The number of carbonyl (C=O) groups is 2. The molecule has 0 aliphatic carbocycles. The summed E-state index contributed by atoms with van der Waals surface area (Å²) in [5.74, 6) is -1.13. The van der Waals surface area contributed by atoms with E-state index in [0.29, 0.717) is 30.8 Å². The highest BCUT2D eigenvalue weighted by atomic mass is 19.4. The Kier molecular flexibility index (Phi) is 7.86. The largest absolute Gasteiger partial charge is 0.416 e. The van der Waals surface area contributed by atoms with Crippen LogP contribution in [0.15, 0.2) is 42.9 Å². The summed E-state index contributed by atoms with van der Waals surface area (Å²) in [7, 11) is 0. The average Bonchev–Trinajstić information content (AvgIpc) is 3.35. The summed E-state index contributed by atoms with van der Waals surface area (Å²) in [6, 6.07) is 2.66. The fourth-order valence-corrected chi connectivity index (χ4v) is 4.90. The predicted molar refractivity (Wildman–Crippen MR) is 137 cm³/mol. The summed E-state index contributed by atoms with van der Waals surface area (Å²) in [6.07, 6.45) is -7.71. The van der Waals surface area contributed by atoms with Crippen LogP contribution in [0.25, 0.3) is 5.82 Å². The quantitative estimate of drug-likeness (QED) is 0.404. The Morgan fingerprint density at radius 2 is 1.48 bits per heavy atom. The van der Waals surface area contributed by atoms with Crippen molar-refractivity contribution in [3.05, 3.63) is 70.9 Å². The van der Waals surface area contributed by atoms with Gasteiger partial charge >= 0.3 is 12.4 Å². The molecule has 1 N–H and O–H groups in total. The number of aromatic nitrogens is 4. The van der Waals surface area contributed by atoms with E-state index in [1.54, 1.807) is 4.90 Å². The van der Waals surface area contributed by atoms with Gasteiger partial charge in [0.05, 0.1) is 33.9 Å². The number of hydrogen-bond acceptors (Lipinski definition) is 6. The summed E-state index contributed by atoms with van der Waals surface area (Å²) in [4.78, 5) is 36.0. The first kappa shape index (κ1) is 30.9. The Balaban J connectivity index is 1.53. The highest BCUT2D eigenvalue weighted by Gasteiger charge is 2.40. The van der Waals surface area contributed by atoms with Crippen molar-refractivity contribution >= 4 is 11.8 Å². The molecule has 42 heavy (non-hydrogen) atoms. The monoisotopic (exact) mass is 598 g/mol. The zero-order valence-electron chi connectivity index (χ0n) is 23.3. The van der Waals surface area contributed by atoms with Crippen molar-refractivity contribution in [3.63, 3.8) is 0 Å². The fourth-order valence-electron chi connectivity index (χ4n) is 4.90. The Morgan fingerprint density at radius 1 is 0.905 bits per heavy atom. The number of amides is 2. The Morgan fingerprint density at radius 3 is 1.98 bits per heavy atom. The van der Waals surface area contributed by atoms with Crippen LogP contribution in [-0.2, 0) is 17.1 Å². The molecule has 3 aromatic rings. The topological polar surface area (TPSA) is 102 Å². The summed E-state index contributed by atoms with van der Waals surface area (Å²) < 4.78 is 86.6. The van der Waals surface area contributed by atoms with E-state index < -0.39 is 52.2 Å². The normalized spacial score (nSPS) is 17.5. The van der Waals surface area contributed by atoms with Crippen LogP contribution in [0, 0.1) is 0 Å². The number of nitrogens with one attached hydrogen (secondary N) is 1. The van der Waals surface area contributed by atoms with Crippen LogP contribution >= 0.6 is 0 Å². The lowest BCUT2D eigenvalue weighted by atomic mass is 9.98. The van der Waals surface area contributed by atoms with Crippen LogP contribution in [0.5, 0.6) is 0 Å². The van der Waals surface area contributed by atoms with Gasteiger partial charge in [-0.3, -0.25) is 9.59 Å². The Hall–Kier alpha value is -4.01. The van der Waals surface area contributed by atoms with Crippen LogP contribution in [0.1, 0.15) is 78.3 Å². The molecule has 0 bridgehead atoms. The molecular weight excluding hydrogens is 570 g/mol. The fraction of sp³-hybridized carbons (Fsp3) is 0.444. The third-order valence-corrected chi connectivity index (χ3v) is 6.35. The minimum atomic E-state index is -5.10. The van der Waals surface area contributed by atoms with Gasteiger partial charge in [0.2, 0.25) is 0 Å². The van der Waals surface area contributed by atoms with Crippen molar-refractivity contribution in [2.45, 2.75) is 64.2 Å². The lowest BCUT2D eigenvalue weighted by Gasteiger charge is -2.47. The zero-order chi connectivity index (χ0) is 31.3. The van der Waals surface area contributed by atoms with E-state index in [1.165, 1.54) is 29.9 Å². The number of ether oxygens (including phenoxy) is 1. The summed E-state index contributed by atoms with van der Waals surface area (Å²) in [6.45, 7) is 9.74. The molecule has 1 atom stereocenters. The number of carbonyl (C=O) groups excluding carboxylic acids is 2. The maximum Gasteiger partial charge on any atom is 0.416 e. The maximum absolute atomic E-state index is 13.2. The molecule has 0 saturated carbocycles. The molecule has 1 aliphatic rings. The minimum Gasteiger partial charge on any atom is -0.366 e. The van der Waals surface area contributed by atoms with Gasteiger partial charge in [-0.2, -0.15) is 36.1 Å². The molecule has 3 heterocycles. The first-order valence-electron chi connectivity index (χ1n) is 12.7. The molecule has 0 radical (unpaired) electrons. The van der Waals surface area contributed by atoms with Gasteiger partial charge < -0.3 is 15.0 Å². The third kappa shape index (κ3) is 6.89. The summed E-state index contributed by atoms with van der Waals surface area (Å²) in [5, 5.41) is 6.42. The molecule has 4 rings (SSSR count). The molecule has 15 heteroatoms. The number of nitrogens with zero attached hydrogens (tertiary/aromatic N) is 5. The van der Waals surface area contributed by atoms with Gasteiger partial charge in [-0.25, -0.2) is 9.97 Å². The van der Waals surface area contributed by atoms with Crippen LogP contribution in [0.4, 0.5) is 26.3 Å². The third-order valence-electron chi connectivity index (χ3n) is 6.35. The second-order valence-electron chi connectivity index (χ2n) is 11.2. The first-order valence-corrected chi connectivity index (χ1v) is 12.7. The van der Waals surface area contributed by atoms with Crippen molar-refractivity contribution in [2.24, 2.45) is 0 Å². The number of benzene rings is 1. The zero-order valence-corrected chi connectivity index (χ0v) is 23.3. The highest BCUT2D eigenvalue weighted by Crippen LogP contribution is 2.36. The first-order chi connectivity index (χ1) is 19.3. The van der Waals surface area contributed by atoms with Gasteiger partial charge in [-0.05, 0) is 65.0 Å². The van der Waals surface area contributed by atoms with Gasteiger partial charge in [0.15, 0.2) is 11.6 Å². The van der Waals surface area contributed by atoms with Crippen molar-refractivity contribution < 1.29 is 40.7 Å². The molecule has 1 aliphatic heterocycles. The smallest absolute Gasteiger partial charge is 0.366 e. The SMILES string of the molecule is C[C@H](NC(=O)c1cc(C(F)(F)F)cc(C(F)(F)F)c1)c1ncnn1-c1ccc(C(=O)N2CC(C)(C)OC(C)(C)C2)cn1. The van der Waals surface area contributed by atoms with Crippen LogP contribution < -0.4 is 5.32 Å². The van der Waals surface area contributed by atoms with Gasteiger partial charge in [0.25, 0.3) is 11.8 Å². The number of halogens is 6. The highest BCUT2D eigenvalue weighted by molar-refractivity contribution is 5.95. The molecule has 0 spiro atoms. The van der Waals surface area contributed by atoms with Crippen LogP contribution in [-0.4, -0.2) is 60.8 Å². The Bertz CT molecular complexity index is 1430. The maximum atomic E-state index is 13.2. The second kappa shape index (κ2) is 10.7. The molecule has 2 amide bonds. The van der Waals surface area contributed by atoms with E-state index in [-0.39, 0.29) is 23.6 Å². The lowest BCUT2D eigenvalue weighted by molar-refractivity contribution is -0.171. The van der Waals surface area contributed by atoms with Crippen molar-refractivity contribution in [1.82, 2.24) is 30.0 Å². The number of rotatable bonds is 5. The number of morpholine rings is 1. The molecule has 1 aromatic carbocycles. The van der Waals surface area contributed by atoms with Crippen LogP contribution in [0.2, 0.25) is 0 Å². The average molecular weight is 599 g/mol. The van der Waals surface area contributed by atoms with Crippen molar-refractivity contribution in [2.75, 3.05) is 13.1 Å². The predicted octanol–water partition coefficient (Wildman–Crippen LogP) is 5.22. The summed E-state index contributed by atoms with van der Waals surface area (Å²) in [5.41, 5.74) is -4.85. The molecule has 0 unspecified atom stereocenters. The van der Waals surface area contributed by atoms with Gasteiger partial charge in [0, 0.05) is 24.8 Å². The molecular formula is C27H28F6N6O3. The number of hydrogen-bond donors (Lipinski definition) is 1. The minimum absolute atomic E-state index is 0.0578. The van der Waals surface area contributed by atoms with Crippen LogP contribution in [0.3, 0.4) is 0 Å².